The number of hydrogen-bond donors (Lipinski definition) is 3. The average Bonchev–Trinajstić information content (AvgIpc) is 2.46. The molecule has 0 saturated carbocycles. The van der Waals surface area contributed by atoms with Gasteiger partial charge in [-0.05, 0) is 11.1 Å². The second-order valence-corrected chi connectivity index (χ2v) is 4.42. The van der Waals surface area contributed by atoms with Gasteiger partial charge >= 0.3 is 6.03 Å². The predicted molar refractivity (Wildman–Crippen MR) is 71.0 cm³/mol. The lowest BCUT2D eigenvalue weighted by Crippen LogP contribution is -2.50. The molecule has 0 atom stereocenters. The third-order valence-electron chi connectivity index (χ3n) is 3.08. The largest absolute Gasteiger partial charge is 0.334 e. The molecule has 2 rings (SSSR count). The molecule has 5 nitrogen and oxygen atoms in total. The van der Waals surface area contributed by atoms with Gasteiger partial charge in [-0.1, -0.05) is 24.3 Å². The van der Waals surface area contributed by atoms with Crippen LogP contribution in [0.3, 0.4) is 0 Å². The molecule has 0 aliphatic carbocycles. The molecule has 1 aliphatic heterocycles. The third-order valence-corrected chi connectivity index (χ3v) is 3.08. The van der Waals surface area contributed by atoms with Gasteiger partial charge in [-0.25, -0.2) is 4.79 Å². The second kappa shape index (κ2) is 6.37. The zero-order chi connectivity index (χ0) is 12.8. The van der Waals surface area contributed by atoms with Crippen LogP contribution in [-0.4, -0.2) is 37.1 Å². The first-order chi connectivity index (χ1) is 8.79. The van der Waals surface area contributed by atoms with Crippen LogP contribution >= 0.6 is 0 Å². The Morgan fingerprint density at radius 2 is 2.06 bits per heavy atom. The lowest BCUT2D eigenvalue weighted by Gasteiger charge is -2.27. The van der Waals surface area contributed by atoms with Crippen LogP contribution in [0.25, 0.3) is 0 Å². The Kier molecular flexibility index (Phi) is 4.55. The molecule has 2 amide bonds. The summed E-state index contributed by atoms with van der Waals surface area (Å²) in [4.78, 5) is 13.7. The summed E-state index contributed by atoms with van der Waals surface area (Å²) in [7, 11) is 0. The van der Waals surface area contributed by atoms with E-state index in [9.17, 15) is 4.79 Å². The van der Waals surface area contributed by atoms with Crippen molar-refractivity contribution >= 4 is 6.03 Å². The van der Waals surface area contributed by atoms with Crippen molar-refractivity contribution in [2.75, 3.05) is 26.2 Å². The highest BCUT2D eigenvalue weighted by atomic mass is 16.2. The Morgan fingerprint density at radius 1 is 1.33 bits per heavy atom. The predicted octanol–water partition coefficient (Wildman–Crippen LogP) is 0.260. The molecule has 5 heteroatoms. The number of hydrogen-bond acceptors (Lipinski definition) is 3. The number of amides is 2. The molecule has 1 heterocycles. The van der Waals surface area contributed by atoms with Crippen molar-refractivity contribution in [1.82, 2.24) is 15.5 Å². The number of urea groups is 1. The van der Waals surface area contributed by atoms with Crippen molar-refractivity contribution in [3.05, 3.63) is 35.4 Å². The first kappa shape index (κ1) is 12.9. The molecule has 0 bridgehead atoms. The van der Waals surface area contributed by atoms with Crippen molar-refractivity contribution in [3.63, 3.8) is 0 Å². The Morgan fingerprint density at radius 3 is 2.78 bits per heavy atom. The average molecular weight is 248 g/mol. The van der Waals surface area contributed by atoms with E-state index in [1.54, 1.807) is 0 Å². The quantitative estimate of drug-likeness (QED) is 0.718. The number of carbonyl (C=O) groups excluding carboxylic acids is 1. The van der Waals surface area contributed by atoms with Crippen LogP contribution in [0.5, 0.6) is 0 Å². The fraction of sp³-hybridized carbons (Fsp3) is 0.462. The molecule has 4 N–H and O–H groups in total. The lowest BCUT2D eigenvalue weighted by molar-refractivity contribution is 0.190. The minimum atomic E-state index is 0.00894. The smallest absolute Gasteiger partial charge is 0.317 e. The number of nitrogens with zero attached hydrogens (tertiary/aromatic N) is 1. The summed E-state index contributed by atoms with van der Waals surface area (Å²) in [5.41, 5.74) is 7.76. The standard InChI is InChI=1S/C13H20N4O/c14-9-11-2-1-3-12(8-11)10-16-13(18)17-6-4-15-5-7-17/h1-3,8,15H,4-7,9-10,14H2,(H,16,18). The SMILES string of the molecule is NCc1cccc(CNC(=O)N2CCNCC2)c1. The number of rotatable bonds is 3. The van der Waals surface area contributed by atoms with Crippen LogP contribution in [0.2, 0.25) is 0 Å². The van der Waals surface area contributed by atoms with Gasteiger partial charge in [0.15, 0.2) is 0 Å². The summed E-state index contributed by atoms with van der Waals surface area (Å²) in [6, 6.07) is 7.99. The molecule has 18 heavy (non-hydrogen) atoms. The van der Waals surface area contributed by atoms with E-state index in [0.29, 0.717) is 13.1 Å². The normalized spacial score (nSPS) is 15.5. The van der Waals surface area contributed by atoms with Crippen molar-refractivity contribution in [3.8, 4) is 0 Å². The lowest BCUT2D eigenvalue weighted by atomic mass is 10.1. The van der Waals surface area contributed by atoms with Gasteiger partial charge in [0.05, 0.1) is 0 Å². The van der Waals surface area contributed by atoms with Crippen LogP contribution in [-0.2, 0) is 13.1 Å². The Labute approximate surface area is 107 Å². The van der Waals surface area contributed by atoms with Gasteiger partial charge in [0, 0.05) is 39.3 Å². The monoisotopic (exact) mass is 248 g/mol. The Balaban J connectivity index is 1.84. The van der Waals surface area contributed by atoms with E-state index in [-0.39, 0.29) is 6.03 Å². The first-order valence-electron chi connectivity index (χ1n) is 6.31. The molecule has 1 saturated heterocycles. The molecule has 1 aromatic carbocycles. The molecule has 1 aromatic rings. The summed E-state index contributed by atoms with van der Waals surface area (Å²) >= 11 is 0. The topological polar surface area (TPSA) is 70.4 Å². The molecular formula is C13H20N4O. The summed E-state index contributed by atoms with van der Waals surface area (Å²) in [5.74, 6) is 0. The molecular weight excluding hydrogens is 228 g/mol. The minimum absolute atomic E-state index is 0.00894. The highest BCUT2D eigenvalue weighted by Crippen LogP contribution is 2.04. The van der Waals surface area contributed by atoms with Gasteiger partial charge in [-0.3, -0.25) is 0 Å². The fourth-order valence-electron chi connectivity index (χ4n) is 2.02. The molecule has 98 valence electrons. The van der Waals surface area contributed by atoms with E-state index in [0.717, 1.165) is 37.3 Å². The number of carbonyl (C=O) groups is 1. The summed E-state index contributed by atoms with van der Waals surface area (Å²) < 4.78 is 0. The fourth-order valence-corrected chi connectivity index (χ4v) is 2.02. The highest BCUT2D eigenvalue weighted by molar-refractivity contribution is 5.74. The molecule has 0 spiro atoms. The second-order valence-electron chi connectivity index (χ2n) is 4.42. The van der Waals surface area contributed by atoms with Crippen LogP contribution in [0.4, 0.5) is 4.79 Å². The Hall–Kier alpha value is -1.59. The van der Waals surface area contributed by atoms with E-state index in [1.807, 2.05) is 29.2 Å². The van der Waals surface area contributed by atoms with Gasteiger partial charge in [0.1, 0.15) is 0 Å². The molecule has 0 aromatic heterocycles. The molecule has 0 unspecified atom stereocenters. The zero-order valence-electron chi connectivity index (χ0n) is 10.5. The number of nitrogens with one attached hydrogen (secondary N) is 2. The van der Waals surface area contributed by atoms with Gasteiger partial charge < -0.3 is 21.3 Å². The van der Waals surface area contributed by atoms with Crippen LogP contribution in [0.1, 0.15) is 11.1 Å². The maximum atomic E-state index is 11.9. The van der Waals surface area contributed by atoms with Crippen molar-refractivity contribution in [2.45, 2.75) is 13.1 Å². The van der Waals surface area contributed by atoms with Gasteiger partial charge in [-0.15, -0.1) is 0 Å². The van der Waals surface area contributed by atoms with E-state index < -0.39 is 0 Å². The third kappa shape index (κ3) is 3.45. The first-order valence-corrected chi connectivity index (χ1v) is 6.31. The Bertz CT molecular complexity index is 402. The van der Waals surface area contributed by atoms with Crippen molar-refractivity contribution in [2.24, 2.45) is 5.73 Å². The van der Waals surface area contributed by atoms with E-state index >= 15 is 0 Å². The minimum Gasteiger partial charge on any atom is -0.334 e. The maximum Gasteiger partial charge on any atom is 0.317 e. The number of piperazine rings is 1. The summed E-state index contributed by atoms with van der Waals surface area (Å²) in [6.45, 7) is 4.37. The summed E-state index contributed by atoms with van der Waals surface area (Å²) in [6.07, 6.45) is 0. The molecule has 1 aliphatic rings. The number of benzene rings is 1. The van der Waals surface area contributed by atoms with Gasteiger partial charge in [0.2, 0.25) is 0 Å². The zero-order valence-corrected chi connectivity index (χ0v) is 10.5. The van der Waals surface area contributed by atoms with Gasteiger partial charge in [-0.2, -0.15) is 0 Å². The molecule has 1 fully saturated rings. The van der Waals surface area contributed by atoms with Crippen LogP contribution in [0.15, 0.2) is 24.3 Å². The van der Waals surface area contributed by atoms with Gasteiger partial charge in [0.25, 0.3) is 0 Å². The highest BCUT2D eigenvalue weighted by Gasteiger charge is 2.15. The van der Waals surface area contributed by atoms with E-state index in [4.69, 9.17) is 5.73 Å². The number of nitrogens with two attached hydrogens (primary N) is 1. The summed E-state index contributed by atoms with van der Waals surface area (Å²) in [5, 5.41) is 6.16. The van der Waals surface area contributed by atoms with Crippen molar-refractivity contribution < 1.29 is 4.79 Å². The maximum absolute atomic E-state index is 11.9. The molecule has 0 radical (unpaired) electrons. The van der Waals surface area contributed by atoms with E-state index in [1.165, 1.54) is 0 Å². The van der Waals surface area contributed by atoms with E-state index in [2.05, 4.69) is 10.6 Å². The van der Waals surface area contributed by atoms with Crippen LogP contribution in [0, 0.1) is 0 Å². The van der Waals surface area contributed by atoms with Crippen LogP contribution < -0.4 is 16.4 Å². The van der Waals surface area contributed by atoms with Crippen molar-refractivity contribution in [1.29, 1.82) is 0 Å².